The lowest BCUT2D eigenvalue weighted by Crippen LogP contribution is -2.11. The summed E-state index contributed by atoms with van der Waals surface area (Å²) < 4.78 is 10.8. The molecule has 6 fully saturated rings. The summed E-state index contributed by atoms with van der Waals surface area (Å²) >= 11 is 7.53. The van der Waals surface area contributed by atoms with Crippen LogP contribution in [0.5, 0.6) is 0 Å². The lowest BCUT2D eigenvalue weighted by Gasteiger charge is -2.27. The lowest BCUT2D eigenvalue weighted by molar-refractivity contribution is 0.420. The van der Waals surface area contributed by atoms with Gasteiger partial charge in [0, 0.05) is 132 Å². The Bertz CT molecular complexity index is 7010. The molecule has 0 N–H and O–H groups in total. The number of benzene rings is 15. The van der Waals surface area contributed by atoms with Crippen LogP contribution in [0, 0.1) is 49.4 Å². The fraction of sp³-hybridized carbons (Fsp3) is 0.204. The van der Waals surface area contributed by atoms with Gasteiger partial charge in [-0.2, -0.15) is 0 Å². The van der Waals surface area contributed by atoms with Crippen molar-refractivity contribution in [3.05, 3.63) is 368 Å². The molecular formula is C113H95N3S4. The molecule has 0 saturated heterocycles. The fourth-order valence-corrected chi connectivity index (χ4v) is 27.1. The molecule has 25 rings (SSSR count). The van der Waals surface area contributed by atoms with Crippen LogP contribution < -0.4 is 14.7 Å². The van der Waals surface area contributed by atoms with Gasteiger partial charge >= 0.3 is 0 Å². The fourth-order valence-electron chi connectivity index (χ4n) is 22.7. The van der Waals surface area contributed by atoms with Crippen molar-refractivity contribution in [2.45, 2.75) is 109 Å². The maximum atomic E-state index is 2.46. The summed E-state index contributed by atoms with van der Waals surface area (Å²) in [6.45, 7) is 4.36. The molecule has 6 bridgehead atoms. The van der Waals surface area contributed by atoms with E-state index in [1.54, 1.807) is 0 Å². The molecule has 6 aliphatic carbocycles. The molecule has 19 aromatic rings. The van der Waals surface area contributed by atoms with E-state index >= 15 is 0 Å². The molecule has 7 heteroatoms. The molecule has 4 aromatic heterocycles. The van der Waals surface area contributed by atoms with Crippen LogP contribution in [0.3, 0.4) is 0 Å². The first-order valence-corrected chi connectivity index (χ1v) is 47.1. The molecule has 9 unspecified atom stereocenters. The molecule has 4 heterocycles. The van der Waals surface area contributed by atoms with Crippen molar-refractivity contribution in [2.24, 2.45) is 35.5 Å². The molecule has 120 heavy (non-hydrogen) atoms. The number of aryl methyl sites for hydroxylation is 2. The molecule has 586 valence electrons. The number of fused-ring (bicyclic) bond motifs is 18. The number of rotatable bonds is 14. The molecule has 0 spiro atoms. The van der Waals surface area contributed by atoms with Crippen LogP contribution in [-0.4, -0.2) is 0 Å². The van der Waals surface area contributed by atoms with E-state index < -0.39 is 0 Å². The first-order valence-electron chi connectivity index (χ1n) is 43.9. The Kier molecular flexibility index (Phi) is 19.0. The van der Waals surface area contributed by atoms with E-state index in [4.69, 9.17) is 0 Å². The monoisotopic (exact) mass is 1620 g/mol. The molecule has 0 radical (unpaired) electrons. The number of hydrogen-bond acceptors (Lipinski definition) is 7. The van der Waals surface area contributed by atoms with E-state index in [2.05, 4.69) is 368 Å². The van der Waals surface area contributed by atoms with E-state index in [0.717, 1.165) is 53.3 Å². The number of hydrogen-bond donors (Lipinski definition) is 0. The summed E-state index contributed by atoms with van der Waals surface area (Å²) in [6.07, 6.45) is 17.1. The van der Waals surface area contributed by atoms with Gasteiger partial charge in [-0.05, 0) is 315 Å². The zero-order chi connectivity index (χ0) is 79.5. The topological polar surface area (TPSA) is 9.72 Å². The standard InChI is InChI=1S/C39H35NS.C37H29NS2.C37H31NS/c1-25-19-26(2)21-31(20-25)28-9-13-32(14-10-28)40(33-15-11-29(12-16-33)36-23-27-7-8-30(36)22-27)34-17-18-39-37(24-34)35-5-3-4-6-38(35)41-39;1-3-7-34-29(5-1)31-17-15-28(22-37(31)40-34)38(26-13-11-24(12-14-26)32-20-23-9-10-25(32)19-23)27-16-18-36-33(21-27)30-6-2-4-8-35(30)39-36;1-2-6-26(7-3-1)27-12-16-30(17-13-27)38(31-18-14-28(15-19-31)34-23-25-10-11-29(34)22-25)32-20-21-37-35(24-32)33-8-4-5-9-36(33)39-37/h3-6,9-21,24,27,30,36H,7-8,22-23H2,1-2H3;1-8,11-18,21-23,25,32H,9-10,19-20H2;1-9,12-21,24-25,29,34H,10-11,22-23H2. The van der Waals surface area contributed by atoms with Gasteiger partial charge in [0.1, 0.15) is 0 Å². The van der Waals surface area contributed by atoms with Crippen molar-refractivity contribution in [3.63, 3.8) is 0 Å². The van der Waals surface area contributed by atoms with Gasteiger partial charge in [-0.15, -0.1) is 45.3 Å². The van der Waals surface area contributed by atoms with Crippen molar-refractivity contribution in [1.29, 1.82) is 0 Å². The van der Waals surface area contributed by atoms with Crippen molar-refractivity contribution in [2.75, 3.05) is 14.7 Å². The van der Waals surface area contributed by atoms with Crippen molar-refractivity contribution >= 4 is 177 Å². The van der Waals surface area contributed by atoms with Gasteiger partial charge in [0.2, 0.25) is 0 Å². The van der Waals surface area contributed by atoms with Crippen LogP contribution in [-0.2, 0) is 0 Å². The Morgan fingerprint density at radius 3 is 0.833 bits per heavy atom. The third kappa shape index (κ3) is 13.8. The second-order valence-corrected chi connectivity index (χ2v) is 39.9. The normalized spacial score (nSPS) is 20.1. The third-order valence-electron chi connectivity index (χ3n) is 28.3. The predicted molar refractivity (Wildman–Crippen MR) is 520 cm³/mol. The molecule has 6 aliphatic rings. The zero-order valence-corrected chi connectivity index (χ0v) is 71.3. The van der Waals surface area contributed by atoms with E-state index in [9.17, 15) is 0 Å². The molecular weight excluding hydrogens is 1530 g/mol. The minimum absolute atomic E-state index is 0.752. The maximum Gasteiger partial charge on any atom is 0.0476 e. The second-order valence-electron chi connectivity index (χ2n) is 35.6. The first kappa shape index (κ1) is 73.7. The summed E-state index contributed by atoms with van der Waals surface area (Å²) in [7, 11) is 0. The summed E-state index contributed by atoms with van der Waals surface area (Å²) in [4.78, 5) is 7.31. The molecule has 3 nitrogen and oxygen atoms in total. The van der Waals surface area contributed by atoms with Gasteiger partial charge in [0.25, 0.3) is 0 Å². The molecule has 0 aliphatic heterocycles. The number of nitrogens with zero attached hydrogens (tertiary/aromatic N) is 3. The van der Waals surface area contributed by atoms with Crippen LogP contribution in [0.1, 0.15) is 123 Å². The van der Waals surface area contributed by atoms with Crippen molar-refractivity contribution in [3.8, 4) is 22.3 Å². The zero-order valence-electron chi connectivity index (χ0n) is 68.0. The quantitative estimate of drug-likeness (QED) is 0.107. The third-order valence-corrected chi connectivity index (χ3v) is 32.9. The van der Waals surface area contributed by atoms with Crippen LogP contribution in [0.4, 0.5) is 51.2 Å². The minimum Gasteiger partial charge on any atom is -0.310 e. The highest BCUT2D eigenvalue weighted by molar-refractivity contribution is 7.27. The summed E-state index contributed by atoms with van der Waals surface area (Å²) in [5.74, 6) is 7.85. The predicted octanol–water partition coefficient (Wildman–Crippen LogP) is 34.6. The smallest absolute Gasteiger partial charge is 0.0476 e. The molecule has 15 aromatic carbocycles. The average Bonchev–Trinajstić information content (AvgIpc) is 1.54. The Labute approximate surface area is 720 Å². The number of thiophene rings is 4. The van der Waals surface area contributed by atoms with Gasteiger partial charge in [-0.25, -0.2) is 0 Å². The van der Waals surface area contributed by atoms with Crippen LogP contribution in [0.25, 0.3) is 103 Å². The van der Waals surface area contributed by atoms with Crippen LogP contribution in [0.2, 0.25) is 0 Å². The summed E-state index contributed by atoms with van der Waals surface area (Å²) in [5, 5.41) is 10.7. The van der Waals surface area contributed by atoms with E-state index in [0.29, 0.717) is 0 Å². The minimum atomic E-state index is 0.752. The highest BCUT2D eigenvalue weighted by Gasteiger charge is 2.42. The highest BCUT2D eigenvalue weighted by atomic mass is 32.1. The van der Waals surface area contributed by atoms with Gasteiger partial charge in [0.05, 0.1) is 0 Å². The lowest BCUT2D eigenvalue weighted by atomic mass is 9.83. The van der Waals surface area contributed by atoms with Crippen LogP contribution >= 0.6 is 45.3 Å². The second kappa shape index (κ2) is 31.0. The van der Waals surface area contributed by atoms with E-state index in [-0.39, 0.29) is 0 Å². The largest absolute Gasteiger partial charge is 0.310 e. The van der Waals surface area contributed by atoms with Crippen LogP contribution in [0.15, 0.2) is 340 Å². The van der Waals surface area contributed by atoms with Gasteiger partial charge < -0.3 is 14.7 Å². The van der Waals surface area contributed by atoms with Crippen molar-refractivity contribution in [1.82, 2.24) is 0 Å². The SMILES string of the molecule is Cc1cc(C)cc(-c2ccc(N(c3ccc(C4CC5CCC4C5)cc3)c3ccc4sc5ccccc5c4c3)cc2)c1.c1ccc(-c2ccc(N(c3ccc(C4CC5CCC4C5)cc3)c3ccc4sc5ccccc5c4c3)cc2)cc1.c1ccc2c(c1)sc1cc(N(c3ccc(C4CC5CCC4C5)cc3)c3ccc4sc5ccccc5c4c3)ccc12. The number of anilines is 9. The van der Waals surface area contributed by atoms with Crippen molar-refractivity contribution < 1.29 is 0 Å². The molecule has 9 atom stereocenters. The van der Waals surface area contributed by atoms with E-state index in [1.807, 2.05) is 45.3 Å². The van der Waals surface area contributed by atoms with Gasteiger partial charge in [0.15, 0.2) is 0 Å². The maximum absolute atomic E-state index is 2.46. The van der Waals surface area contributed by atoms with Gasteiger partial charge in [-0.3, -0.25) is 0 Å². The Balaban J connectivity index is 0.000000105. The first-order chi connectivity index (χ1) is 59.2. The molecule has 0 amide bonds. The highest BCUT2D eigenvalue weighted by Crippen LogP contribution is 2.57. The molecule has 6 saturated carbocycles. The Hall–Kier alpha value is -11.4. The van der Waals surface area contributed by atoms with E-state index in [1.165, 1.54) is 259 Å². The summed E-state index contributed by atoms with van der Waals surface area (Å²) in [6, 6.07) is 127. The Morgan fingerprint density at radius 1 is 0.200 bits per heavy atom. The Morgan fingerprint density at radius 2 is 0.475 bits per heavy atom. The van der Waals surface area contributed by atoms with Gasteiger partial charge in [-0.1, -0.05) is 218 Å². The average molecular weight is 1620 g/mol. The summed E-state index contributed by atoms with van der Waals surface area (Å²) in [5.41, 5.74) is 23.1.